The number of hydrogen-bond acceptors (Lipinski definition) is 4. The number of benzene rings is 3. The molecule has 0 saturated carbocycles. The number of carbonyl (C=O) groups is 1. The molecule has 0 unspecified atom stereocenters. The highest BCUT2D eigenvalue weighted by molar-refractivity contribution is 6.27. The summed E-state index contributed by atoms with van der Waals surface area (Å²) >= 11 is 0. The van der Waals surface area contributed by atoms with Gasteiger partial charge in [0.1, 0.15) is 5.69 Å². The zero-order valence-corrected chi connectivity index (χ0v) is 16.5. The lowest BCUT2D eigenvalue weighted by molar-refractivity contribution is 0.104. The van der Waals surface area contributed by atoms with Gasteiger partial charge in [0, 0.05) is 41.4 Å². The number of ketones is 1. The minimum Gasteiger partial charge on any atom is -0.396 e. The lowest BCUT2D eigenvalue weighted by atomic mass is 9.83. The van der Waals surface area contributed by atoms with Crippen LogP contribution in [0.5, 0.6) is 0 Å². The average molecular weight is 396 g/mol. The predicted octanol–water partition coefficient (Wildman–Crippen LogP) is 4.03. The third kappa shape index (κ3) is 2.67. The van der Waals surface area contributed by atoms with Gasteiger partial charge in [0.25, 0.3) is 5.56 Å². The summed E-state index contributed by atoms with van der Waals surface area (Å²) in [6.45, 7) is 0.0930. The van der Waals surface area contributed by atoms with E-state index in [9.17, 15) is 9.59 Å². The second kappa shape index (κ2) is 6.97. The zero-order chi connectivity index (χ0) is 20.8. The van der Waals surface area contributed by atoms with Crippen molar-refractivity contribution in [2.75, 3.05) is 11.9 Å². The van der Waals surface area contributed by atoms with E-state index in [-0.39, 0.29) is 17.9 Å². The van der Waals surface area contributed by atoms with Gasteiger partial charge in [-0.15, -0.1) is 0 Å². The molecule has 1 heterocycles. The summed E-state index contributed by atoms with van der Waals surface area (Å²) in [7, 11) is 1.73. The van der Waals surface area contributed by atoms with Crippen molar-refractivity contribution in [3.05, 3.63) is 93.8 Å². The molecule has 0 atom stereocenters. The molecule has 3 aromatic carbocycles. The highest BCUT2D eigenvalue weighted by Gasteiger charge is 2.29. The van der Waals surface area contributed by atoms with Gasteiger partial charge in [0.15, 0.2) is 5.78 Å². The molecule has 148 valence electrons. The van der Waals surface area contributed by atoms with Gasteiger partial charge in [-0.25, -0.2) is 0 Å². The highest BCUT2D eigenvalue weighted by Crippen LogP contribution is 2.42. The molecule has 1 aromatic heterocycles. The van der Waals surface area contributed by atoms with Gasteiger partial charge >= 0.3 is 0 Å². The van der Waals surface area contributed by atoms with Crippen molar-refractivity contribution in [3.8, 4) is 11.1 Å². The first-order valence-electron chi connectivity index (χ1n) is 9.87. The van der Waals surface area contributed by atoms with Crippen LogP contribution < -0.4 is 10.9 Å². The minimum atomic E-state index is -0.154. The van der Waals surface area contributed by atoms with Crippen LogP contribution in [-0.4, -0.2) is 22.1 Å². The molecule has 0 bridgehead atoms. The van der Waals surface area contributed by atoms with Crippen LogP contribution in [-0.2, 0) is 13.5 Å². The van der Waals surface area contributed by atoms with Gasteiger partial charge in [-0.2, -0.15) is 0 Å². The summed E-state index contributed by atoms with van der Waals surface area (Å²) in [5.41, 5.74) is 5.57. The van der Waals surface area contributed by atoms with Crippen molar-refractivity contribution in [2.24, 2.45) is 7.05 Å². The molecule has 2 N–H and O–H groups in total. The third-order valence-corrected chi connectivity index (χ3v) is 5.73. The number of anilines is 2. The summed E-state index contributed by atoms with van der Waals surface area (Å²) in [5, 5.41) is 13.2. The summed E-state index contributed by atoms with van der Waals surface area (Å²) in [5.74, 6) is -0.0262. The number of fused-ring (bicyclic) bond motifs is 2. The number of nitrogens with zero attached hydrogens (tertiary/aromatic N) is 1. The van der Waals surface area contributed by atoms with Crippen molar-refractivity contribution in [3.63, 3.8) is 0 Å². The number of nitrogens with one attached hydrogen (secondary N) is 1. The number of aliphatic hydroxyl groups is 1. The van der Waals surface area contributed by atoms with Gasteiger partial charge in [0.05, 0.1) is 5.52 Å². The van der Waals surface area contributed by atoms with Crippen molar-refractivity contribution < 1.29 is 9.90 Å². The molecule has 0 aliphatic heterocycles. The maximum atomic E-state index is 13.3. The monoisotopic (exact) mass is 396 g/mol. The van der Waals surface area contributed by atoms with E-state index in [0.717, 1.165) is 33.3 Å². The first kappa shape index (κ1) is 18.3. The summed E-state index contributed by atoms with van der Waals surface area (Å²) in [6, 6.07) is 20.6. The molecular weight excluding hydrogens is 376 g/mol. The lowest BCUT2D eigenvalue weighted by Crippen LogP contribution is -2.24. The minimum absolute atomic E-state index is 0.0262. The van der Waals surface area contributed by atoms with Crippen LogP contribution in [0.1, 0.15) is 21.5 Å². The second-order valence-electron chi connectivity index (χ2n) is 7.48. The average Bonchev–Trinajstić information content (AvgIpc) is 2.78. The van der Waals surface area contributed by atoms with Crippen LogP contribution in [0.15, 0.2) is 71.5 Å². The molecule has 0 radical (unpaired) electrons. The number of hydrogen-bond donors (Lipinski definition) is 2. The number of aryl methyl sites for hydroxylation is 1. The lowest BCUT2D eigenvalue weighted by Gasteiger charge is -2.24. The van der Waals surface area contributed by atoms with Crippen LogP contribution in [0.2, 0.25) is 0 Å². The fourth-order valence-corrected chi connectivity index (χ4v) is 4.24. The zero-order valence-electron chi connectivity index (χ0n) is 16.5. The summed E-state index contributed by atoms with van der Waals surface area (Å²) in [6.07, 6.45) is 0.585. The summed E-state index contributed by atoms with van der Waals surface area (Å²) in [4.78, 5) is 26.5. The fraction of sp³-hybridized carbons (Fsp3) is 0.120. The first-order chi connectivity index (χ1) is 14.6. The molecule has 4 aromatic rings. The van der Waals surface area contributed by atoms with Gasteiger partial charge < -0.3 is 15.0 Å². The molecule has 0 amide bonds. The number of rotatable bonds is 4. The molecule has 1 aliphatic rings. The molecule has 0 fully saturated rings. The van der Waals surface area contributed by atoms with Crippen molar-refractivity contribution >= 4 is 28.1 Å². The molecule has 1 aliphatic carbocycles. The number of aliphatic hydroxyl groups excluding tert-OH is 1. The standard InChI is InChI=1S/C25H20N2O3/c1-27-20-8-4-7-19-21(20)22(17-5-2-3-6-18(17)24(19)29)23(25(27)30)26-16-11-9-15(10-12-16)13-14-28/h2-12,26,28H,13-14H2,1H3. The molecule has 0 spiro atoms. The van der Waals surface area contributed by atoms with E-state index in [1.165, 1.54) is 0 Å². The smallest absolute Gasteiger partial charge is 0.275 e. The van der Waals surface area contributed by atoms with E-state index in [0.29, 0.717) is 23.2 Å². The maximum absolute atomic E-state index is 13.3. The quantitative estimate of drug-likeness (QED) is 0.481. The second-order valence-corrected chi connectivity index (χ2v) is 7.48. The van der Waals surface area contributed by atoms with Crippen LogP contribution in [0.4, 0.5) is 11.4 Å². The van der Waals surface area contributed by atoms with E-state index >= 15 is 0 Å². The molecule has 0 saturated heterocycles. The van der Waals surface area contributed by atoms with Crippen LogP contribution in [0, 0.1) is 0 Å². The Morgan fingerprint density at radius 2 is 1.57 bits per heavy atom. The van der Waals surface area contributed by atoms with Crippen molar-refractivity contribution in [1.29, 1.82) is 0 Å². The highest BCUT2D eigenvalue weighted by atomic mass is 16.3. The largest absolute Gasteiger partial charge is 0.396 e. The third-order valence-electron chi connectivity index (χ3n) is 5.73. The van der Waals surface area contributed by atoms with Crippen molar-refractivity contribution in [2.45, 2.75) is 6.42 Å². The normalized spacial score (nSPS) is 12.1. The van der Waals surface area contributed by atoms with Gasteiger partial charge in [-0.05, 0) is 35.7 Å². The Bertz CT molecular complexity index is 1370. The predicted molar refractivity (Wildman–Crippen MR) is 119 cm³/mol. The molecular formula is C25H20N2O3. The van der Waals surface area contributed by atoms with Crippen LogP contribution in [0.3, 0.4) is 0 Å². The number of carbonyl (C=O) groups excluding carboxylic acids is 1. The Morgan fingerprint density at radius 1 is 0.867 bits per heavy atom. The molecule has 5 nitrogen and oxygen atoms in total. The number of pyridine rings is 1. The van der Waals surface area contributed by atoms with Gasteiger partial charge in [-0.3, -0.25) is 9.59 Å². The SMILES string of the molecule is Cn1c(=O)c(Nc2ccc(CCO)cc2)c2c3c(cccc31)C(=O)c1ccccc1-2. The first-order valence-corrected chi connectivity index (χ1v) is 9.87. The Morgan fingerprint density at radius 3 is 2.30 bits per heavy atom. The van der Waals surface area contributed by atoms with E-state index < -0.39 is 0 Å². The fourth-order valence-electron chi connectivity index (χ4n) is 4.24. The summed E-state index contributed by atoms with van der Waals surface area (Å²) < 4.78 is 1.59. The van der Waals surface area contributed by atoms with Crippen LogP contribution in [0.25, 0.3) is 22.0 Å². The van der Waals surface area contributed by atoms with Crippen molar-refractivity contribution in [1.82, 2.24) is 4.57 Å². The van der Waals surface area contributed by atoms with Gasteiger partial charge in [-0.1, -0.05) is 48.5 Å². The van der Waals surface area contributed by atoms with E-state index in [2.05, 4.69) is 5.32 Å². The van der Waals surface area contributed by atoms with Gasteiger partial charge in [0.2, 0.25) is 0 Å². The maximum Gasteiger partial charge on any atom is 0.275 e. The topological polar surface area (TPSA) is 71.3 Å². The van der Waals surface area contributed by atoms with E-state index in [4.69, 9.17) is 5.11 Å². The van der Waals surface area contributed by atoms with E-state index in [1.807, 2.05) is 66.7 Å². The Labute approximate surface area is 173 Å². The Balaban J connectivity index is 1.79. The Kier molecular flexibility index (Phi) is 4.26. The molecule has 5 heteroatoms. The Hall–Kier alpha value is -3.70. The molecule has 5 rings (SSSR count). The molecule has 30 heavy (non-hydrogen) atoms. The number of aromatic nitrogens is 1. The van der Waals surface area contributed by atoms with E-state index in [1.54, 1.807) is 11.6 Å². The van der Waals surface area contributed by atoms with Crippen LogP contribution >= 0.6 is 0 Å².